The molecule has 0 aliphatic carbocycles. The minimum absolute atomic E-state index is 0.0379. The number of carbonyl (C=O) groups excluding carboxylic acids is 3. The molecule has 0 aromatic carbocycles. The second kappa shape index (κ2) is 32.7. The summed E-state index contributed by atoms with van der Waals surface area (Å²) in [6, 6.07) is -0.724. The maximum Gasteiger partial charge on any atom is 0.306 e. The molecule has 0 rings (SSSR count). The third kappa shape index (κ3) is 31.3. The van der Waals surface area contributed by atoms with Crippen LogP contribution < -0.4 is 5.11 Å². The number of ether oxygens (including phenoxy) is 3. The predicted molar refractivity (Wildman–Crippen MR) is 199 cm³/mol. The number of likely N-dealkylation sites (N-methyl/N-ethyl adjacent to an activating group) is 1. The van der Waals surface area contributed by atoms with E-state index in [0.29, 0.717) is 12.8 Å². The van der Waals surface area contributed by atoms with E-state index in [2.05, 4.69) is 50.3 Å². The number of hydrogen-bond acceptors (Lipinski definition) is 7. The van der Waals surface area contributed by atoms with Gasteiger partial charge in [0.1, 0.15) is 12.6 Å². The lowest BCUT2D eigenvalue weighted by atomic mass is 10.1. The molecule has 0 radical (unpaired) electrons. The number of unbranched alkanes of at least 4 members (excludes halogenated alkanes) is 14. The number of hydrogen-bond donors (Lipinski definition) is 0. The Balaban J connectivity index is 4.37. The Morgan fingerprint density at radius 3 is 1.69 bits per heavy atom. The molecule has 0 aromatic heterocycles. The average Bonchev–Trinajstić information content (AvgIpc) is 3.05. The Morgan fingerprint density at radius 1 is 0.633 bits per heavy atom. The van der Waals surface area contributed by atoms with Crippen molar-refractivity contribution >= 4 is 17.9 Å². The first kappa shape index (κ1) is 46.5. The van der Waals surface area contributed by atoms with E-state index in [-0.39, 0.29) is 42.7 Å². The summed E-state index contributed by atoms with van der Waals surface area (Å²) in [5, 5.41) is 11.6. The normalized spacial score (nSPS) is 13.4. The van der Waals surface area contributed by atoms with Crippen molar-refractivity contribution in [1.82, 2.24) is 0 Å². The smallest absolute Gasteiger partial charge is 0.306 e. The lowest BCUT2D eigenvalue weighted by Crippen LogP contribution is -2.55. The molecule has 49 heavy (non-hydrogen) atoms. The van der Waals surface area contributed by atoms with E-state index in [0.717, 1.165) is 70.6 Å². The zero-order valence-electron chi connectivity index (χ0n) is 32.1. The molecule has 2 unspecified atom stereocenters. The van der Waals surface area contributed by atoms with Crippen LogP contribution >= 0.6 is 0 Å². The molecule has 8 nitrogen and oxygen atoms in total. The molecule has 0 aromatic rings. The highest BCUT2D eigenvalue weighted by Crippen LogP contribution is 2.13. The van der Waals surface area contributed by atoms with Crippen molar-refractivity contribution in [3.63, 3.8) is 0 Å². The van der Waals surface area contributed by atoms with Gasteiger partial charge in [-0.15, -0.1) is 0 Å². The quantitative estimate of drug-likeness (QED) is 0.0288. The van der Waals surface area contributed by atoms with Crippen LogP contribution in [0.4, 0.5) is 0 Å². The van der Waals surface area contributed by atoms with Gasteiger partial charge in [-0.2, -0.15) is 0 Å². The Labute approximate surface area is 300 Å². The Hall–Kier alpha value is -2.45. The second-order valence-corrected chi connectivity index (χ2v) is 14.1. The highest BCUT2D eigenvalue weighted by molar-refractivity contribution is 5.70. The number of carbonyl (C=O) groups is 3. The van der Waals surface area contributed by atoms with Gasteiger partial charge < -0.3 is 28.6 Å². The van der Waals surface area contributed by atoms with Crippen LogP contribution in [0.15, 0.2) is 36.5 Å². The molecule has 0 fully saturated rings. The first-order valence-corrected chi connectivity index (χ1v) is 19.5. The zero-order chi connectivity index (χ0) is 36.4. The highest BCUT2D eigenvalue weighted by atomic mass is 16.6. The van der Waals surface area contributed by atoms with Gasteiger partial charge in [-0.1, -0.05) is 127 Å². The van der Waals surface area contributed by atoms with Gasteiger partial charge in [0.2, 0.25) is 0 Å². The maximum absolute atomic E-state index is 12.6. The fourth-order valence-corrected chi connectivity index (χ4v) is 5.50. The van der Waals surface area contributed by atoms with E-state index in [1.54, 1.807) is 21.1 Å². The summed E-state index contributed by atoms with van der Waals surface area (Å²) < 4.78 is 17.0. The number of allylic oxidation sites excluding steroid dienone is 6. The first-order valence-electron chi connectivity index (χ1n) is 19.5. The van der Waals surface area contributed by atoms with Gasteiger partial charge >= 0.3 is 11.9 Å². The monoisotopic (exact) mass is 692 g/mol. The molecule has 0 bridgehead atoms. The summed E-state index contributed by atoms with van der Waals surface area (Å²) in [5.74, 6) is -1.75. The van der Waals surface area contributed by atoms with Crippen LogP contribution in [0.2, 0.25) is 0 Å². The molecule has 0 heterocycles. The summed E-state index contributed by atoms with van der Waals surface area (Å²) in [6.45, 7) is 4.50. The SMILES string of the molecule is CC/C=C\C/C=C\C/C=C\CCCCCCCCCC(=O)OC(COCCC(C(=O)[O-])[N+](C)(C)C)COC(=O)CCCCCCCCCC. The van der Waals surface area contributed by atoms with E-state index in [1.807, 2.05) is 0 Å². The molecule has 2 atom stereocenters. The molecule has 0 spiro atoms. The van der Waals surface area contributed by atoms with E-state index in [9.17, 15) is 19.5 Å². The van der Waals surface area contributed by atoms with Gasteiger partial charge in [-0.3, -0.25) is 9.59 Å². The third-order valence-electron chi connectivity index (χ3n) is 8.54. The Bertz CT molecular complexity index is 906. The van der Waals surface area contributed by atoms with E-state index in [1.165, 1.54) is 51.4 Å². The van der Waals surface area contributed by atoms with Crippen molar-refractivity contribution < 1.29 is 38.2 Å². The number of nitrogens with zero attached hydrogens (tertiary/aromatic N) is 1. The minimum Gasteiger partial charge on any atom is -0.544 e. The number of carboxylic acids is 1. The predicted octanol–water partition coefficient (Wildman–Crippen LogP) is 8.57. The van der Waals surface area contributed by atoms with E-state index in [4.69, 9.17) is 14.2 Å². The summed E-state index contributed by atoms with van der Waals surface area (Å²) in [7, 11) is 5.39. The van der Waals surface area contributed by atoms with Gasteiger partial charge in [-0.25, -0.2) is 0 Å². The lowest BCUT2D eigenvalue weighted by Gasteiger charge is -2.34. The number of carboxylic acid groups (broad SMARTS) is 1. The second-order valence-electron chi connectivity index (χ2n) is 14.1. The molecule has 0 aliphatic rings. The lowest BCUT2D eigenvalue weighted by molar-refractivity contribution is -0.889. The van der Waals surface area contributed by atoms with Gasteiger partial charge in [0.05, 0.1) is 40.3 Å². The van der Waals surface area contributed by atoms with Crippen LogP contribution in [0.25, 0.3) is 0 Å². The van der Waals surface area contributed by atoms with Crippen LogP contribution in [0.3, 0.4) is 0 Å². The fraction of sp³-hybridized carbons (Fsp3) is 0.780. The molecule has 8 heteroatoms. The van der Waals surface area contributed by atoms with Crippen molar-refractivity contribution in [2.45, 2.75) is 167 Å². The van der Waals surface area contributed by atoms with Gasteiger partial charge in [0.25, 0.3) is 0 Å². The molecular formula is C41H73NO7. The van der Waals surface area contributed by atoms with Crippen LogP contribution in [0.5, 0.6) is 0 Å². The number of rotatable bonds is 34. The largest absolute Gasteiger partial charge is 0.544 e. The molecule has 0 saturated heterocycles. The Kier molecular flexibility index (Phi) is 31.1. The minimum atomic E-state index is -1.13. The first-order chi connectivity index (χ1) is 23.6. The summed E-state index contributed by atoms with van der Waals surface area (Å²) >= 11 is 0. The topological polar surface area (TPSA) is 102 Å². The number of esters is 2. The van der Waals surface area contributed by atoms with E-state index >= 15 is 0 Å². The summed E-state index contributed by atoms with van der Waals surface area (Å²) in [5.41, 5.74) is 0. The number of aliphatic carboxylic acids is 1. The third-order valence-corrected chi connectivity index (χ3v) is 8.54. The Morgan fingerprint density at radius 2 is 1.14 bits per heavy atom. The summed E-state index contributed by atoms with van der Waals surface area (Å²) in [6.07, 6.45) is 34.6. The molecule has 0 aliphatic heterocycles. The number of quaternary nitrogens is 1. The molecule has 0 saturated carbocycles. The van der Waals surface area contributed by atoms with Gasteiger partial charge in [-0.05, 0) is 44.9 Å². The van der Waals surface area contributed by atoms with Crippen LogP contribution in [0.1, 0.15) is 155 Å². The van der Waals surface area contributed by atoms with Crippen LogP contribution in [-0.4, -0.2) is 75.5 Å². The maximum atomic E-state index is 12.6. The van der Waals surface area contributed by atoms with Crippen molar-refractivity contribution in [1.29, 1.82) is 0 Å². The molecular weight excluding hydrogens is 618 g/mol. The molecule has 0 N–H and O–H groups in total. The van der Waals surface area contributed by atoms with Crippen LogP contribution in [0, 0.1) is 0 Å². The molecule has 284 valence electrons. The molecule has 0 amide bonds. The fourth-order valence-electron chi connectivity index (χ4n) is 5.50. The zero-order valence-corrected chi connectivity index (χ0v) is 32.1. The van der Waals surface area contributed by atoms with Crippen molar-refractivity contribution in [2.24, 2.45) is 0 Å². The highest BCUT2D eigenvalue weighted by Gasteiger charge is 2.25. The van der Waals surface area contributed by atoms with Crippen LogP contribution in [-0.2, 0) is 28.6 Å². The average molecular weight is 692 g/mol. The van der Waals surface area contributed by atoms with Gasteiger partial charge in [0.15, 0.2) is 6.10 Å². The van der Waals surface area contributed by atoms with Crippen molar-refractivity contribution in [3.05, 3.63) is 36.5 Å². The van der Waals surface area contributed by atoms with Crippen molar-refractivity contribution in [3.8, 4) is 0 Å². The standard InChI is InChI=1S/C41H73NO7/c1-6-8-10-12-14-16-17-18-19-20-21-22-23-24-26-28-30-32-40(44)49-37(35-47-34-33-38(41(45)46)42(3,4)5)36-48-39(43)31-29-27-25-15-13-11-9-7-2/h8,10,14,16,18-19,37-38H,6-7,9,11-13,15,17,20-36H2,1-5H3/b10-8-,16-14-,19-18-. The summed E-state index contributed by atoms with van der Waals surface area (Å²) in [4.78, 5) is 36.6. The van der Waals surface area contributed by atoms with Crippen molar-refractivity contribution in [2.75, 3.05) is 41.0 Å². The van der Waals surface area contributed by atoms with Gasteiger partial charge in [0, 0.05) is 19.3 Å². The van der Waals surface area contributed by atoms with E-state index < -0.39 is 18.1 Å².